The van der Waals surface area contributed by atoms with Crippen molar-refractivity contribution in [1.29, 1.82) is 0 Å². The average Bonchev–Trinajstić information content (AvgIpc) is 2.94. The number of nitrogen functional groups attached to an aromatic ring is 1. The number of aromatic nitrogens is 4. The van der Waals surface area contributed by atoms with Crippen molar-refractivity contribution in [2.24, 2.45) is 0 Å². The van der Waals surface area contributed by atoms with Crippen LogP contribution in [0.3, 0.4) is 0 Å². The average molecular weight is 285 g/mol. The minimum Gasteiger partial charge on any atom is -0.412 e. The first kappa shape index (κ1) is 14.6. The summed E-state index contributed by atoms with van der Waals surface area (Å²) >= 11 is 0. The predicted molar refractivity (Wildman–Crippen MR) is 66.4 cm³/mol. The van der Waals surface area contributed by atoms with E-state index in [0.717, 1.165) is 0 Å². The Labute approximate surface area is 112 Å². The summed E-state index contributed by atoms with van der Waals surface area (Å²) < 4.78 is 6.85. The number of rotatable bonds is 2. The van der Waals surface area contributed by atoms with Crippen molar-refractivity contribution >= 4 is 17.0 Å². The van der Waals surface area contributed by atoms with Crippen LogP contribution in [0.15, 0.2) is 12.7 Å². The number of aliphatic hydroxyl groups excluding tert-OH is 3. The van der Waals surface area contributed by atoms with Gasteiger partial charge in [-0.1, -0.05) is 0 Å². The molecule has 0 aromatic carbocycles. The zero-order chi connectivity index (χ0) is 13.6. The Bertz CT molecular complexity index is 605. The maximum Gasteiger partial charge on any atom is 0.167 e. The second-order valence-electron chi connectivity index (χ2n) is 4.31. The van der Waals surface area contributed by atoms with Gasteiger partial charge in [0, 0.05) is 0 Å². The molecule has 3 heterocycles. The Kier molecular flexibility index (Phi) is 3.83. The van der Waals surface area contributed by atoms with E-state index in [2.05, 4.69) is 15.0 Å². The highest BCUT2D eigenvalue weighted by Gasteiger charge is 2.43. The number of anilines is 1. The number of aliphatic hydroxyl groups is 3. The van der Waals surface area contributed by atoms with E-state index in [-0.39, 0.29) is 11.3 Å². The van der Waals surface area contributed by atoms with Crippen LogP contribution >= 0.6 is 0 Å². The van der Waals surface area contributed by atoms with Crippen molar-refractivity contribution in [1.82, 2.24) is 19.5 Å². The van der Waals surface area contributed by atoms with Gasteiger partial charge in [0.05, 0.1) is 12.9 Å². The summed E-state index contributed by atoms with van der Waals surface area (Å²) in [5.41, 5.74) is 6.44. The second kappa shape index (κ2) is 5.26. The van der Waals surface area contributed by atoms with Gasteiger partial charge >= 0.3 is 0 Å². The number of ether oxygens (including phenoxy) is 1. The highest BCUT2D eigenvalue weighted by Crippen LogP contribution is 2.31. The van der Waals surface area contributed by atoms with Crippen LogP contribution in [0.4, 0.5) is 5.82 Å². The molecule has 0 aliphatic carbocycles. The van der Waals surface area contributed by atoms with E-state index < -0.39 is 31.1 Å². The van der Waals surface area contributed by atoms with Crippen LogP contribution in [-0.2, 0) is 4.74 Å². The maximum atomic E-state index is 9.95. The second-order valence-corrected chi connectivity index (χ2v) is 4.31. The Morgan fingerprint density at radius 1 is 1.25 bits per heavy atom. The Balaban J connectivity index is 0.00000147. The Hall–Kier alpha value is -1.85. The van der Waals surface area contributed by atoms with Gasteiger partial charge in [0.1, 0.15) is 30.2 Å². The first-order chi connectivity index (χ1) is 9.13. The van der Waals surface area contributed by atoms with Crippen LogP contribution in [0.2, 0.25) is 0 Å². The van der Waals surface area contributed by atoms with Crippen LogP contribution in [0.5, 0.6) is 0 Å². The minimum absolute atomic E-state index is 0. The molecule has 1 aliphatic heterocycles. The fourth-order valence-corrected chi connectivity index (χ4v) is 2.17. The van der Waals surface area contributed by atoms with E-state index in [1.54, 1.807) is 0 Å². The normalized spacial score (nSPS) is 29.6. The molecule has 2 aromatic rings. The molecule has 4 atom stereocenters. The predicted octanol–water partition coefficient (Wildman–Crippen LogP) is -2.80. The van der Waals surface area contributed by atoms with Crippen molar-refractivity contribution < 1.29 is 25.5 Å². The Morgan fingerprint density at radius 2 is 2.00 bits per heavy atom. The molecule has 10 nitrogen and oxygen atoms in total. The van der Waals surface area contributed by atoms with Crippen LogP contribution in [0, 0.1) is 0 Å². The molecule has 1 saturated heterocycles. The fourth-order valence-electron chi connectivity index (χ4n) is 2.17. The highest BCUT2D eigenvalue weighted by atomic mass is 16.6. The first-order valence-electron chi connectivity index (χ1n) is 5.69. The third kappa shape index (κ3) is 1.99. The third-order valence-corrected chi connectivity index (χ3v) is 3.18. The van der Waals surface area contributed by atoms with Crippen LogP contribution in [-0.4, -0.2) is 65.2 Å². The van der Waals surface area contributed by atoms with Gasteiger partial charge < -0.3 is 31.3 Å². The molecule has 0 spiro atoms. The smallest absolute Gasteiger partial charge is 0.167 e. The lowest BCUT2D eigenvalue weighted by molar-refractivity contribution is -0.0511. The van der Waals surface area contributed by atoms with Gasteiger partial charge in [0.25, 0.3) is 0 Å². The number of fused-ring (bicyclic) bond motifs is 1. The molecule has 1 fully saturated rings. The molecule has 0 amide bonds. The van der Waals surface area contributed by atoms with Gasteiger partial charge in [-0.25, -0.2) is 15.0 Å². The lowest BCUT2D eigenvalue weighted by Crippen LogP contribution is -2.33. The summed E-state index contributed by atoms with van der Waals surface area (Å²) in [5.74, 6) is 0.218. The van der Waals surface area contributed by atoms with Crippen molar-refractivity contribution in [3.05, 3.63) is 12.7 Å². The lowest BCUT2D eigenvalue weighted by Gasteiger charge is -2.16. The highest BCUT2D eigenvalue weighted by molar-refractivity contribution is 5.81. The van der Waals surface area contributed by atoms with E-state index in [9.17, 15) is 10.2 Å². The van der Waals surface area contributed by atoms with Gasteiger partial charge in [-0.05, 0) is 0 Å². The molecular weight excluding hydrogens is 270 g/mol. The van der Waals surface area contributed by atoms with Crippen LogP contribution in [0.1, 0.15) is 6.23 Å². The molecule has 110 valence electrons. The molecule has 0 radical (unpaired) electrons. The topological polar surface area (TPSA) is 171 Å². The van der Waals surface area contributed by atoms with Gasteiger partial charge in [0.15, 0.2) is 17.7 Å². The maximum absolute atomic E-state index is 9.95. The number of imidazole rings is 1. The molecule has 20 heavy (non-hydrogen) atoms. The number of nitrogens with two attached hydrogens (primary N) is 1. The number of hydrogen-bond donors (Lipinski definition) is 4. The minimum atomic E-state index is -1.19. The Morgan fingerprint density at radius 3 is 2.65 bits per heavy atom. The standard InChI is InChI=1S/C10H13N5O4.H2O/c11-8-5-9(13-2-12-8)15(3-14-5)10-7(18)6(17)4(1-16)19-10;/h2-4,6-7,10,16-18H,1H2,(H2,11,12,13);1H2/t4-,6+,7+,10-;/m1./s1. The van der Waals surface area contributed by atoms with Gasteiger partial charge in [0.2, 0.25) is 0 Å². The van der Waals surface area contributed by atoms with Gasteiger partial charge in [-0.2, -0.15) is 0 Å². The molecule has 0 bridgehead atoms. The monoisotopic (exact) mass is 285 g/mol. The van der Waals surface area contributed by atoms with E-state index in [1.807, 2.05) is 0 Å². The molecule has 0 unspecified atom stereocenters. The van der Waals surface area contributed by atoms with Gasteiger partial charge in [-0.3, -0.25) is 4.57 Å². The number of nitrogens with zero attached hydrogens (tertiary/aromatic N) is 4. The summed E-state index contributed by atoms with van der Waals surface area (Å²) in [7, 11) is 0. The molecular formula is C10H15N5O5. The summed E-state index contributed by atoms with van der Waals surface area (Å²) in [5, 5.41) is 28.7. The molecule has 10 heteroatoms. The lowest BCUT2D eigenvalue weighted by atomic mass is 10.1. The van der Waals surface area contributed by atoms with Crippen LogP contribution in [0.25, 0.3) is 11.2 Å². The molecule has 1 aliphatic rings. The molecule has 2 aromatic heterocycles. The van der Waals surface area contributed by atoms with E-state index in [0.29, 0.717) is 11.2 Å². The van der Waals surface area contributed by atoms with Crippen molar-refractivity contribution in [3.8, 4) is 0 Å². The zero-order valence-corrected chi connectivity index (χ0v) is 10.3. The molecule has 7 N–H and O–H groups in total. The quantitative estimate of drug-likeness (QED) is 0.458. The largest absolute Gasteiger partial charge is 0.412 e. The molecule has 0 saturated carbocycles. The molecule has 3 rings (SSSR count). The number of hydrogen-bond acceptors (Lipinski definition) is 8. The van der Waals surface area contributed by atoms with Crippen molar-refractivity contribution in [2.75, 3.05) is 12.3 Å². The first-order valence-corrected chi connectivity index (χ1v) is 5.69. The zero-order valence-electron chi connectivity index (χ0n) is 10.3. The van der Waals surface area contributed by atoms with E-state index >= 15 is 0 Å². The third-order valence-electron chi connectivity index (χ3n) is 3.18. The fraction of sp³-hybridized carbons (Fsp3) is 0.500. The summed E-state index contributed by atoms with van der Waals surface area (Å²) in [6.07, 6.45) is -1.42. The summed E-state index contributed by atoms with van der Waals surface area (Å²) in [4.78, 5) is 11.9. The van der Waals surface area contributed by atoms with Crippen molar-refractivity contribution in [3.63, 3.8) is 0 Å². The van der Waals surface area contributed by atoms with Crippen molar-refractivity contribution in [2.45, 2.75) is 24.5 Å². The van der Waals surface area contributed by atoms with E-state index in [1.165, 1.54) is 17.2 Å². The summed E-state index contributed by atoms with van der Waals surface area (Å²) in [6.45, 7) is -0.390. The SMILES string of the molecule is Nc1ncnc2c1ncn2[C@@H]1O[C@H](CO)[C@H](O)[C@@H]1O.O. The van der Waals surface area contributed by atoms with Gasteiger partial charge in [-0.15, -0.1) is 0 Å². The van der Waals surface area contributed by atoms with Crippen LogP contribution < -0.4 is 5.73 Å². The van der Waals surface area contributed by atoms with E-state index in [4.69, 9.17) is 15.6 Å². The summed E-state index contributed by atoms with van der Waals surface area (Å²) in [6, 6.07) is 0.